The maximum Gasteiger partial charge on any atom is 0.0579 e. The van der Waals surface area contributed by atoms with E-state index in [0.717, 1.165) is 23.4 Å². The first kappa shape index (κ1) is 13.0. The quantitative estimate of drug-likeness (QED) is 0.816. The van der Waals surface area contributed by atoms with Gasteiger partial charge in [-0.15, -0.1) is 11.3 Å². The van der Waals surface area contributed by atoms with Crippen molar-refractivity contribution in [3.05, 3.63) is 45.6 Å². The fourth-order valence-electron chi connectivity index (χ4n) is 2.02. The van der Waals surface area contributed by atoms with Crippen LogP contribution in [0.15, 0.2) is 30.3 Å². The first-order chi connectivity index (χ1) is 8.56. The zero-order valence-corrected chi connectivity index (χ0v) is 12.0. The van der Waals surface area contributed by atoms with E-state index in [0.29, 0.717) is 6.04 Å². The Morgan fingerprint density at radius 2 is 2.00 bits per heavy atom. The molecule has 1 unspecified atom stereocenters. The minimum absolute atomic E-state index is 0.382. The maximum absolute atomic E-state index is 6.07. The Hall–Kier alpha value is -1.48. The summed E-state index contributed by atoms with van der Waals surface area (Å²) in [5.74, 6) is 0. The van der Waals surface area contributed by atoms with E-state index in [1.807, 2.05) is 36.5 Å². The molecule has 3 heteroatoms. The molecule has 1 heterocycles. The largest absolute Gasteiger partial charge is 0.397 e. The lowest BCUT2D eigenvalue weighted by Crippen LogP contribution is -2.18. The van der Waals surface area contributed by atoms with Gasteiger partial charge in [-0.3, -0.25) is 0 Å². The van der Waals surface area contributed by atoms with Crippen LogP contribution in [-0.4, -0.2) is 6.04 Å². The van der Waals surface area contributed by atoms with Crippen molar-refractivity contribution in [1.29, 1.82) is 0 Å². The van der Waals surface area contributed by atoms with Crippen LogP contribution in [0.1, 0.15) is 22.2 Å². The highest BCUT2D eigenvalue weighted by Crippen LogP contribution is 2.24. The molecular formula is C15H20N2S. The lowest BCUT2D eigenvalue weighted by molar-refractivity contribution is 0.801. The van der Waals surface area contributed by atoms with Gasteiger partial charge >= 0.3 is 0 Å². The molecule has 0 fully saturated rings. The van der Waals surface area contributed by atoms with Crippen molar-refractivity contribution in [2.75, 3.05) is 11.1 Å². The second kappa shape index (κ2) is 5.44. The van der Waals surface area contributed by atoms with Gasteiger partial charge in [0.25, 0.3) is 0 Å². The van der Waals surface area contributed by atoms with Crippen LogP contribution in [0.25, 0.3) is 0 Å². The summed E-state index contributed by atoms with van der Waals surface area (Å²) in [6.45, 7) is 6.37. The van der Waals surface area contributed by atoms with Gasteiger partial charge in [-0.05, 0) is 44.5 Å². The Bertz CT molecular complexity index is 531. The Morgan fingerprint density at radius 1 is 1.22 bits per heavy atom. The topological polar surface area (TPSA) is 38.0 Å². The fourth-order valence-corrected chi connectivity index (χ4v) is 3.04. The zero-order valence-electron chi connectivity index (χ0n) is 11.2. The highest BCUT2D eigenvalue weighted by Gasteiger charge is 2.08. The summed E-state index contributed by atoms with van der Waals surface area (Å²) in [7, 11) is 0. The summed E-state index contributed by atoms with van der Waals surface area (Å²) >= 11 is 1.86. The van der Waals surface area contributed by atoms with Crippen LogP contribution >= 0.6 is 11.3 Å². The molecule has 0 bridgehead atoms. The van der Waals surface area contributed by atoms with Crippen molar-refractivity contribution >= 4 is 22.7 Å². The van der Waals surface area contributed by atoms with Crippen molar-refractivity contribution < 1.29 is 0 Å². The Labute approximate surface area is 113 Å². The summed E-state index contributed by atoms with van der Waals surface area (Å²) in [4.78, 5) is 2.78. The normalized spacial score (nSPS) is 12.4. The lowest BCUT2D eigenvalue weighted by Gasteiger charge is -2.17. The van der Waals surface area contributed by atoms with Crippen molar-refractivity contribution in [3.8, 4) is 0 Å². The number of nitrogens with two attached hydrogens (primary N) is 1. The van der Waals surface area contributed by atoms with Crippen molar-refractivity contribution in [1.82, 2.24) is 0 Å². The molecule has 2 rings (SSSR count). The molecule has 3 N–H and O–H groups in total. The number of anilines is 2. The van der Waals surface area contributed by atoms with E-state index >= 15 is 0 Å². The summed E-state index contributed by atoms with van der Waals surface area (Å²) in [5.41, 5.74) is 9.08. The third-order valence-electron chi connectivity index (χ3n) is 3.03. The maximum atomic E-state index is 6.07. The molecule has 0 spiro atoms. The molecule has 18 heavy (non-hydrogen) atoms. The monoisotopic (exact) mass is 260 g/mol. The van der Waals surface area contributed by atoms with Crippen LogP contribution < -0.4 is 11.1 Å². The number of hydrogen-bond acceptors (Lipinski definition) is 3. The zero-order chi connectivity index (χ0) is 13.1. The molecule has 0 aliphatic carbocycles. The van der Waals surface area contributed by atoms with Gasteiger partial charge in [0.2, 0.25) is 0 Å². The van der Waals surface area contributed by atoms with E-state index < -0.39 is 0 Å². The van der Waals surface area contributed by atoms with Gasteiger partial charge < -0.3 is 11.1 Å². The summed E-state index contributed by atoms with van der Waals surface area (Å²) in [5, 5.41) is 3.49. The number of nitrogen functional groups attached to an aromatic ring is 1. The molecule has 0 aliphatic heterocycles. The molecule has 0 saturated carbocycles. The molecule has 2 aromatic rings. The summed E-state index contributed by atoms with van der Waals surface area (Å²) in [6, 6.07) is 10.9. The summed E-state index contributed by atoms with van der Waals surface area (Å²) < 4.78 is 0. The molecule has 0 aliphatic rings. The van der Waals surface area contributed by atoms with Gasteiger partial charge in [0.05, 0.1) is 11.4 Å². The van der Waals surface area contributed by atoms with Crippen molar-refractivity contribution in [2.45, 2.75) is 33.2 Å². The second-order valence-electron chi connectivity index (χ2n) is 4.80. The number of rotatable bonds is 4. The second-order valence-corrected chi connectivity index (χ2v) is 6.17. The first-order valence-electron chi connectivity index (χ1n) is 6.23. The predicted molar refractivity (Wildman–Crippen MR) is 81.4 cm³/mol. The number of hydrogen-bond donors (Lipinski definition) is 2. The van der Waals surface area contributed by atoms with E-state index in [-0.39, 0.29) is 0 Å². The highest BCUT2D eigenvalue weighted by molar-refractivity contribution is 7.11. The molecule has 1 aromatic carbocycles. The minimum Gasteiger partial charge on any atom is -0.397 e. The van der Waals surface area contributed by atoms with Crippen LogP contribution in [0.3, 0.4) is 0 Å². The van der Waals surface area contributed by atoms with Gasteiger partial charge in [-0.25, -0.2) is 0 Å². The number of thiophene rings is 1. The average molecular weight is 260 g/mol. The fraction of sp³-hybridized carbons (Fsp3) is 0.333. The van der Waals surface area contributed by atoms with E-state index in [9.17, 15) is 0 Å². The van der Waals surface area contributed by atoms with Crippen LogP contribution in [0, 0.1) is 13.8 Å². The molecule has 1 aromatic heterocycles. The van der Waals surface area contributed by atoms with Crippen molar-refractivity contribution in [2.24, 2.45) is 0 Å². The molecule has 0 saturated heterocycles. The average Bonchev–Trinajstić information content (AvgIpc) is 2.70. The van der Waals surface area contributed by atoms with Gasteiger partial charge in [0.15, 0.2) is 0 Å². The van der Waals surface area contributed by atoms with Crippen LogP contribution in [0.5, 0.6) is 0 Å². The summed E-state index contributed by atoms with van der Waals surface area (Å²) in [6.07, 6.45) is 1.03. The van der Waals surface area contributed by atoms with Gasteiger partial charge in [-0.2, -0.15) is 0 Å². The van der Waals surface area contributed by atoms with E-state index in [2.05, 4.69) is 31.3 Å². The van der Waals surface area contributed by atoms with Crippen LogP contribution in [-0.2, 0) is 6.42 Å². The number of para-hydroxylation sites is 1. The minimum atomic E-state index is 0.382. The van der Waals surface area contributed by atoms with E-state index in [4.69, 9.17) is 5.73 Å². The third-order valence-corrected chi connectivity index (χ3v) is 4.05. The van der Waals surface area contributed by atoms with Crippen molar-refractivity contribution in [3.63, 3.8) is 0 Å². The Morgan fingerprint density at radius 3 is 2.67 bits per heavy atom. The number of aryl methyl sites for hydroxylation is 2. The third kappa shape index (κ3) is 3.05. The van der Waals surface area contributed by atoms with E-state index in [1.165, 1.54) is 9.75 Å². The Balaban J connectivity index is 2.03. The molecular weight excluding hydrogens is 240 g/mol. The molecule has 2 nitrogen and oxygen atoms in total. The molecule has 1 atom stereocenters. The van der Waals surface area contributed by atoms with Gasteiger partial charge in [0.1, 0.15) is 0 Å². The first-order valence-corrected chi connectivity index (χ1v) is 7.05. The van der Waals surface area contributed by atoms with Gasteiger partial charge in [0, 0.05) is 22.2 Å². The van der Waals surface area contributed by atoms with Gasteiger partial charge in [-0.1, -0.05) is 12.1 Å². The SMILES string of the molecule is Cc1ccc(CC(C)Nc2cccc(C)c2N)s1. The lowest BCUT2D eigenvalue weighted by atomic mass is 10.1. The van der Waals surface area contributed by atoms with Crippen LogP contribution in [0.4, 0.5) is 11.4 Å². The molecule has 0 radical (unpaired) electrons. The molecule has 96 valence electrons. The standard InChI is InChI=1S/C15H20N2S/c1-10-5-4-6-14(15(10)16)17-11(2)9-13-8-7-12(3)18-13/h4-8,11,17H,9,16H2,1-3H3. The number of nitrogens with one attached hydrogen (secondary N) is 1. The van der Waals surface area contributed by atoms with E-state index in [1.54, 1.807) is 0 Å². The highest BCUT2D eigenvalue weighted by atomic mass is 32.1. The predicted octanol–water partition coefficient (Wildman–Crippen LogP) is 3.99. The number of benzene rings is 1. The van der Waals surface area contributed by atoms with Crippen LogP contribution in [0.2, 0.25) is 0 Å². The molecule has 0 amide bonds. The Kier molecular flexibility index (Phi) is 3.92. The smallest absolute Gasteiger partial charge is 0.0579 e.